The average molecular weight is 743 g/mol. The first-order valence-corrected chi connectivity index (χ1v) is 16.7. The molecule has 4 aliphatic heterocycles. The van der Waals surface area contributed by atoms with Gasteiger partial charge in [0.05, 0.1) is 67.1 Å². The van der Waals surface area contributed by atoms with E-state index in [4.69, 9.17) is 47.4 Å². The Hall–Kier alpha value is -3.24. The highest BCUT2D eigenvalue weighted by Crippen LogP contribution is 2.54. The molecule has 4 aliphatic rings. The Balaban J connectivity index is 1.22. The van der Waals surface area contributed by atoms with Crippen LogP contribution in [0.4, 0.5) is 0 Å². The van der Waals surface area contributed by atoms with E-state index in [0.29, 0.717) is 24.3 Å². The fourth-order valence-corrected chi connectivity index (χ4v) is 7.16. The van der Waals surface area contributed by atoms with E-state index >= 15 is 0 Å². The lowest BCUT2D eigenvalue weighted by Gasteiger charge is -2.39. The minimum atomic E-state index is -1.65. The zero-order chi connectivity index (χ0) is 37.4. The van der Waals surface area contributed by atoms with Gasteiger partial charge in [-0.25, -0.2) is 0 Å². The van der Waals surface area contributed by atoms with Crippen molar-refractivity contribution >= 4 is 0 Å². The molecular formula is C34H46O18. The van der Waals surface area contributed by atoms with Gasteiger partial charge in [0.25, 0.3) is 0 Å². The van der Waals surface area contributed by atoms with Gasteiger partial charge in [0.15, 0.2) is 23.0 Å². The van der Waals surface area contributed by atoms with Gasteiger partial charge in [-0.1, -0.05) is 0 Å². The number of aliphatic hydroxyl groups excluding tert-OH is 8. The molecule has 290 valence electrons. The Morgan fingerprint density at radius 2 is 0.846 bits per heavy atom. The van der Waals surface area contributed by atoms with Gasteiger partial charge in [0, 0.05) is 11.8 Å². The summed E-state index contributed by atoms with van der Waals surface area (Å²) in [5, 5.41) is 81.0. The van der Waals surface area contributed by atoms with E-state index in [2.05, 4.69) is 0 Å². The second kappa shape index (κ2) is 16.0. The quantitative estimate of drug-likeness (QED) is 0.119. The summed E-state index contributed by atoms with van der Waals surface area (Å²) in [6.45, 7) is -0.604. The predicted octanol–water partition coefficient (Wildman–Crippen LogP) is -1.85. The maximum absolute atomic E-state index is 10.5. The summed E-state index contributed by atoms with van der Waals surface area (Å²) < 4.78 is 58.0. The summed E-state index contributed by atoms with van der Waals surface area (Å²) in [4.78, 5) is 0. The van der Waals surface area contributed by atoms with Crippen LogP contribution in [0.3, 0.4) is 0 Å². The third kappa shape index (κ3) is 6.94. The third-order valence-corrected chi connectivity index (χ3v) is 10.1. The van der Waals surface area contributed by atoms with E-state index in [-0.39, 0.29) is 46.3 Å². The number of benzene rings is 2. The molecule has 4 heterocycles. The van der Waals surface area contributed by atoms with Gasteiger partial charge in [0.1, 0.15) is 48.8 Å². The number of methoxy groups -OCH3 is 4. The van der Waals surface area contributed by atoms with Crippen LogP contribution in [-0.2, 0) is 18.9 Å². The maximum Gasteiger partial charge on any atom is 0.229 e. The van der Waals surface area contributed by atoms with Crippen LogP contribution in [0.5, 0.6) is 34.5 Å². The highest BCUT2D eigenvalue weighted by atomic mass is 16.7. The molecule has 2 aromatic carbocycles. The second-order valence-corrected chi connectivity index (χ2v) is 13.0. The summed E-state index contributed by atoms with van der Waals surface area (Å²) in [6, 6.07) is 6.78. The van der Waals surface area contributed by atoms with E-state index in [1.165, 1.54) is 28.4 Å². The normalized spacial score (nSPS) is 37.3. The molecule has 0 bridgehead atoms. The molecule has 0 aromatic heterocycles. The first-order valence-electron chi connectivity index (χ1n) is 16.7. The van der Waals surface area contributed by atoms with E-state index in [1.54, 1.807) is 24.3 Å². The predicted molar refractivity (Wildman–Crippen MR) is 172 cm³/mol. The Labute approximate surface area is 298 Å². The number of hydrogen-bond acceptors (Lipinski definition) is 18. The molecule has 2 aromatic rings. The summed E-state index contributed by atoms with van der Waals surface area (Å²) in [5.74, 6) is 0.683. The van der Waals surface area contributed by atoms with Crippen LogP contribution in [0.25, 0.3) is 0 Å². The molecule has 0 spiro atoms. The number of fused-ring (bicyclic) bond motifs is 1. The molecule has 14 atom stereocenters. The van der Waals surface area contributed by atoms with Gasteiger partial charge in [-0.3, -0.25) is 0 Å². The van der Waals surface area contributed by atoms with E-state index in [0.717, 1.165) is 0 Å². The zero-order valence-corrected chi connectivity index (χ0v) is 28.9. The Bertz CT molecular complexity index is 1360. The van der Waals surface area contributed by atoms with Gasteiger partial charge in [-0.05, 0) is 35.4 Å². The lowest BCUT2D eigenvalue weighted by Crippen LogP contribution is -2.60. The zero-order valence-electron chi connectivity index (χ0n) is 28.9. The number of ether oxygens (including phenoxy) is 10. The smallest absolute Gasteiger partial charge is 0.229 e. The Kier molecular flexibility index (Phi) is 11.8. The molecule has 52 heavy (non-hydrogen) atoms. The van der Waals surface area contributed by atoms with Crippen LogP contribution in [0.2, 0.25) is 0 Å². The minimum Gasteiger partial charge on any atom is -0.493 e. The number of hydrogen-bond donors (Lipinski definition) is 8. The van der Waals surface area contributed by atoms with Gasteiger partial charge in [0.2, 0.25) is 24.1 Å². The van der Waals surface area contributed by atoms with Crippen molar-refractivity contribution in [3.05, 3.63) is 35.4 Å². The van der Waals surface area contributed by atoms with Crippen molar-refractivity contribution < 1.29 is 88.2 Å². The van der Waals surface area contributed by atoms with Crippen molar-refractivity contribution in [1.29, 1.82) is 0 Å². The van der Waals surface area contributed by atoms with Crippen molar-refractivity contribution in [2.24, 2.45) is 11.8 Å². The number of rotatable bonds is 12. The second-order valence-electron chi connectivity index (χ2n) is 13.0. The summed E-state index contributed by atoms with van der Waals surface area (Å²) >= 11 is 0. The van der Waals surface area contributed by atoms with Crippen LogP contribution in [0, 0.1) is 11.8 Å². The molecule has 6 rings (SSSR count). The molecule has 18 heteroatoms. The third-order valence-electron chi connectivity index (χ3n) is 10.1. The standard InChI is InChI=1S/C34H46O18/c1-43-17-5-13(6-18(44-2)31(17)51-33-27(41)25(39)23(37)21(9-35)49-33)29-15-11-48-30(16(15)12-47-29)14-7-19(45-3)32(20(8-14)46-4)52-34-28(42)26(40)24(38)22(10-36)50-34/h5-8,15-16,21-30,33-42H,9-12H2,1-4H3/t15-,16+,21-,22+,23-,24+,25+,26-,27-,28+,29+,30-,33+,34-. The van der Waals surface area contributed by atoms with Crippen molar-refractivity contribution in [1.82, 2.24) is 0 Å². The fourth-order valence-electron chi connectivity index (χ4n) is 7.16. The first-order chi connectivity index (χ1) is 25.0. The van der Waals surface area contributed by atoms with Gasteiger partial charge >= 0.3 is 0 Å². The van der Waals surface area contributed by atoms with Crippen LogP contribution in [-0.4, -0.2) is 157 Å². The molecule has 0 aliphatic carbocycles. The molecule has 8 N–H and O–H groups in total. The van der Waals surface area contributed by atoms with Crippen LogP contribution in [0.1, 0.15) is 23.3 Å². The lowest BCUT2D eigenvalue weighted by molar-refractivity contribution is -0.277. The highest BCUT2D eigenvalue weighted by Gasteiger charge is 2.50. The number of aliphatic hydroxyl groups is 8. The largest absolute Gasteiger partial charge is 0.493 e. The van der Waals surface area contributed by atoms with Gasteiger partial charge < -0.3 is 88.2 Å². The SMILES string of the molecule is COc1cc([C@H]2OC[C@@H]3[C@@H]2CO[C@H]3c2cc(OC)c(O[C@@H]3O[C@H](CO)[C@@H](O)[C@H](O)[C@H]3O)c(OC)c2)cc(OC)c1O[C@H]1O[C@@H](CO)[C@H](O)[C@@H](O)[C@@H]1O. The van der Waals surface area contributed by atoms with E-state index in [1.807, 2.05) is 0 Å². The minimum absolute atomic E-state index is 0.0541. The van der Waals surface area contributed by atoms with Gasteiger partial charge in [-0.15, -0.1) is 0 Å². The monoisotopic (exact) mass is 742 g/mol. The Morgan fingerprint density at radius 3 is 1.13 bits per heavy atom. The Morgan fingerprint density at radius 1 is 0.519 bits per heavy atom. The van der Waals surface area contributed by atoms with Crippen molar-refractivity contribution in [3.63, 3.8) is 0 Å². The molecule has 0 unspecified atom stereocenters. The summed E-state index contributed by atoms with van der Waals surface area (Å²) in [7, 11) is 5.66. The maximum atomic E-state index is 10.5. The summed E-state index contributed by atoms with van der Waals surface area (Å²) in [5.41, 5.74) is 1.37. The van der Waals surface area contributed by atoms with Crippen LogP contribution >= 0.6 is 0 Å². The summed E-state index contributed by atoms with van der Waals surface area (Å²) in [6.07, 6.45) is -15.9. The van der Waals surface area contributed by atoms with E-state index < -0.39 is 86.8 Å². The molecule has 0 amide bonds. The first kappa shape index (κ1) is 38.5. The molecule has 0 radical (unpaired) electrons. The van der Waals surface area contributed by atoms with Crippen molar-refractivity contribution in [2.75, 3.05) is 54.9 Å². The molecule has 0 saturated carbocycles. The van der Waals surface area contributed by atoms with Crippen LogP contribution < -0.4 is 28.4 Å². The fraction of sp³-hybridized carbons (Fsp3) is 0.647. The highest BCUT2D eigenvalue weighted by molar-refractivity contribution is 5.56. The molecule has 4 saturated heterocycles. The van der Waals surface area contributed by atoms with Crippen molar-refractivity contribution in [3.8, 4) is 34.5 Å². The van der Waals surface area contributed by atoms with Crippen LogP contribution in [0.15, 0.2) is 24.3 Å². The molecule has 4 fully saturated rings. The molecule has 18 nitrogen and oxygen atoms in total. The topological polar surface area (TPSA) is 254 Å². The van der Waals surface area contributed by atoms with E-state index in [9.17, 15) is 40.9 Å². The van der Waals surface area contributed by atoms with Crippen molar-refractivity contribution in [2.45, 2.75) is 73.6 Å². The van der Waals surface area contributed by atoms with Gasteiger partial charge in [-0.2, -0.15) is 0 Å². The lowest BCUT2D eigenvalue weighted by atomic mass is 9.84. The molecular weight excluding hydrogens is 696 g/mol. The average Bonchev–Trinajstić information content (AvgIpc) is 3.78.